The fourth-order valence-electron chi connectivity index (χ4n) is 2.60. The van der Waals surface area contributed by atoms with E-state index in [2.05, 4.69) is 21.4 Å². The van der Waals surface area contributed by atoms with Crippen molar-refractivity contribution in [3.05, 3.63) is 34.9 Å². The monoisotopic (exact) mass is 360 g/mol. The lowest BCUT2D eigenvalue weighted by Crippen LogP contribution is -2.20. The Labute approximate surface area is 150 Å². The standard InChI is InChI=1S/C17H17ClN4OS/c1-24-17-21-15(11-4-6-12(18)7-5-11)14(9-19)16(22-17)20-10-13-3-2-8-23-13/h4-7,13H,2-3,8,10H2,1H3,(H,20,21,22)/t13-/m0/s1. The predicted molar refractivity (Wildman–Crippen MR) is 96.4 cm³/mol. The first-order chi connectivity index (χ1) is 11.7. The molecular weight excluding hydrogens is 344 g/mol. The maximum absolute atomic E-state index is 9.64. The molecule has 0 amide bonds. The van der Waals surface area contributed by atoms with E-state index in [1.165, 1.54) is 11.8 Å². The second-order valence-corrected chi connectivity index (χ2v) is 6.63. The van der Waals surface area contributed by atoms with Crippen LogP contribution in [0.3, 0.4) is 0 Å². The molecule has 1 aromatic carbocycles. The van der Waals surface area contributed by atoms with Crippen molar-refractivity contribution < 1.29 is 4.74 Å². The number of nitriles is 1. The lowest BCUT2D eigenvalue weighted by molar-refractivity contribution is 0.120. The van der Waals surface area contributed by atoms with E-state index in [1.54, 1.807) is 12.1 Å². The number of thioether (sulfide) groups is 1. The van der Waals surface area contributed by atoms with Gasteiger partial charge in [0.15, 0.2) is 5.16 Å². The normalized spacial score (nSPS) is 16.8. The molecule has 1 fully saturated rings. The molecule has 0 unspecified atom stereocenters. The third kappa shape index (κ3) is 3.81. The minimum absolute atomic E-state index is 0.170. The molecule has 0 saturated carbocycles. The molecule has 1 saturated heterocycles. The van der Waals surface area contributed by atoms with Gasteiger partial charge in [-0.1, -0.05) is 35.5 Å². The molecule has 1 aliphatic rings. The van der Waals surface area contributed by atoms with E-state index >= 15 is 0 Å². The van der Waals surface area contributed by atoms with Gasteiger partial charge in [0.25, 0.3) is 0 Å². The van der Waals surface area contributed by atoms with Gasteiger partial charge >= 0.3 is 0 Å². The van der Waals surface area contributed by atoms with E-state index in [4.69, 9.17) is 16.3 Å². The van der Waals surface area contributed by atoms with Crippen LogP contribution >= 0.6 is 23.4 Å². The van der Waals surface area contributed by atoms with Gasteiger partial charge in [-0.15, -0.1) is 0 Å². The molecule has 0 spiro atoms. The molecule has 1 atom stereocenters. The van der Waals surface area contributed by atoms with Crippen molar-refractivity contribution in [3.8, 4) is 17.3 Å². The van der Waals surface area contributed by atoms with Gasteiger partial charge < -0.3 is 10.1 Å². The highest BCUT2D eigenvalue weighted by atomic mass is 35.5. The lowest BCUT2D eigenvalue weighted by atomic mass is 10.1. The van der Waals surface area contributed by atoms with Crippen molar-refractivity contribution in [2.75, 3.05) is 24.7 Å². The van der Waals surface area contributed by atoms with Gasteiger partial charge in [0.05, 0.1) is 11.8 Å². The van der Waals surface area contributed by atoms with Gasteiger partial charge in [-0.25, -0.2) is 9.97 Å². The smallest absolute Gasteiger partial charge is 0.189 e. The Kier molecular flexibility index (Phi) is 5.56. The Morgan fingerprint density at radius 3 is 2.79 bits per heavy atom. The maximum atomic E-state index is 9.64. The Morgan fingerprint density at radius 1 is 1.38 bits per heavy atom. The second-order valence-electron chi connectivity index (χ2n) is 5.42. The Bertz CT molecular complexity index is 754. The maximum Gasteiger partial charge on any atom is 0.189 e. The highest BCUT2D eigenvalue weighted by Gasteiger charge is 2.19. The average Bonchev–Trinajstić information content (AvgIpc) is 3.13. The van der Waals surface area contributed by atoms with Crippen LogP contribution in [0, 0.1) is 11.3 Å². The van der Waals surface area contributed by atoms with E-state index in [0.717, 1.165) is 25.0 Å². The summed E-state index contributed by atoms with van der Waals surface area (Å²) < 4.78 is 5.62. The van der Waals surface area contributed by atoms with Gasteiger partial charge in [0.1, 0.15) is 17.5 Å². The summed E-state index contributed by atoms with van der Waals surface area (Å²) in [5, 5.41) is 14.2. The highest BCUT2D eigenvalue weighted by molar-refractivity contribution is 7.98. The molecule has 7 heteroatoms. The summed E-state index contributed by atoms with van der Waals surface area (Å²) in [4.78, 5) is 8.98. The number of hydrogen-bond acceptors (Lipinski definition) is 6. The molecule has 1 aromatic heterocycles. The van der Waals surface area contributed by atoms with Crippen LogP contribution in [0.4, 0.5) is 5.82 Å². The van der Waals surface area contributed by atoms with Crippen molar-refractivity contribution in [2.45, 2.75) is 24.1 Å². The first-order valence-electron chi connectivity index (χ1n) is 7.69. The molecule has 5 nitrogen and oxygen atoms in total. The molecule has 0 aliphatic carbocycles. The quantitative estimate of drug-likeness (QED) is 0.642. The Balaban J connectivity index is 1.96. The minimum Gasteiger partial charge on any atom is -0.376 e. The summed E-state index contributed by atoms with van der Waals surface area (Å²) in [6.45, 7) is 1.44. The number of halogens is 1. The Hall–Kier alpha value is -1.81. The van der Waals surface area contributed by atoms with Crippen molar-refractivity contribution in [1.82, 2.24) is 9.97 Å². The van der Waals surface area contributed by atoms with Gasteiger partial charge in [-0.2, -0.15) is 5.26 Å². The van der Waals surface area contributed by atoms with Crippen molar-refractivity contribution in [2.24, 2.45) is 0 Å². The molecule has 1 N–H and O–H groups in total. The highest BCUT2D eigenvalue weighted by Crippen LogP contribution is 2.29. The van der Waals surface area contributed by atoms with Crippen LogP contribution < -0.4 is 5.32 Å². The largest absolute Gasteiger partial charge is 0.376 e. The van der Waals surface area contributed by atoms with Crippen LogP contribution in [-0.2, 0) is 4.74 Å². The number of nitrogens with zero attached hydrogens (tertiary/aromatic N) is 3. The number of rotatable bonds is 5. The zero-order chi connectivity index (χ0) is 16.9. The molecule has 3 rings (SSSR count). The third-order valence-corrected chi connectivity index (χ3v) is 4.62. The number of nitrogens with one attached hydrogen (secondary N) is 1. The first-order valence-corrected chi connectivity index (χ1v) is 9.29. The van der Waals surface area contributed by atoms with Gasteiger partial charge in [0, 0.05) is 23.7 Å². The van der Waals surface area contributed by atoms with Crippen molar-refractivity contribution >= 4 is 29.2 Å². The number of ether oxygens (including phenoxy) is 1. The summed E-state index contributed by atoms with van der Waals surface area (Å²) in [6.07, 6.45) is 4.19. The zero-order valence-corrected chi connectivity index (χ0v) is 14.8. The fraction of sp³-hybridized carbons (Fsp3) is 0.353. The molecule has 1 aliphatic heterocycles. The van der Waals surface area contributed by atoms with E-state index in [0.29, 0.717) is 33.8 Å². The summed E-state index contributed by atoms with van der Waals surface area (Å²) in [6, 6.07) is 9.53. The van der Waals surface area contributed by atoms with Crippen LogP contribution in [0.25, 0.3) is 11.3 Å². The van der Waals surface area contributed by atoms with E-state index < -0.39 is 0 Å². The van der Waals surface area contributed by atoms with Crippen LogP contribution in [0.1, 0.15) is 18.4 Å². The average molecular weight is 361 g/mol. The summed E-state index contributed by atoms with van der Waals surface area (Å²) in [5.74, 6) is 0.553. The van der Waals surface area contributed by atoms with E-state index in [9.17, 15) is 5.26 Å². The molecular formula is C17H17ClN4OS. The summed E-state index contributed by atoms with van der Waals surface area (Å²) in [5.41, 5.74) is 1.89. The molecule has 2 aromatic rings. The number of anilines is 1. The van der Waals surface area contributed by atoms with E-state index in [1.807, 2.05) is 18.4 Å². The molecule has 0 radical (unpaired) electrons. The minimum atomic E-state index is 0.170. The van der Waals surface area contributed by atoms with Gasteiger partial charge in [0.2, 0.25) is 0 Å². The second kappa shape index (κ2) is 7.84. The van der Waals surface area contributed by atoms with Crippen LogP contribution in [0.5, 0.6) is 0 Å². The van der Waals surface area contributed by atoms with Crippen molar-refractivity contribution in [1.29, 1.82) is 5.26 Å². The lowest BCUT2D eigenvalue weighted by Gasteiger charge is -2.14. The molecule has 124 valence electrons. The molecule has 0 bridgehead atoms. The van der Waals surface area contributed by atoms with Crippen LogP contribution in [-0.4, -0.2) is 35.5 Å². The number of benzene rings is 1. The predicted octanol–water partition coefficient (Wildman–Crippen LogP) is 3.98. The fourth-order valence-corrected chi connectivity index (χ4v) is 3.09. The number of aromatic nitrogens is 2. The van der Waals surface area contributed by atoms with Gasteiger partial charge in [-0.3, -0.25) is 0 Å². The Morgan fingerprint density at radius 2 is 2.17 bits per heavy atom. The first kappa shape index (κ1) is 17.0. The molecule has 24 heavy (non-hydrogen) atoms. The topological polar surface area (TPSA) is 70.8 Å². The summed E-state index contributed by atoms with van der Waals surface area (Å²) >= 11 is 7.40. The SMILES string of the molecule is CSc1nc(NC[C@@H]2CCCO2)c(C#N)c(-c2ccc(Cl)cc2)n1. The van der Waals surface area contributed by atoms with Gasteiger partial charge in [-0.05, 0) is 31.2 Å². The van der Waals surface area contributed by atoms with E-state index in [-0.39, 0.29) is 6.10 Å². The molecule has 2 heterocycles. The van der Waals surface area contributed by atoms with Crippen LogP contribution in [0.15, 0.2) is 29.4 Å². The zero-order valence-electron chi connectivity index (χ0n) is 13.3. The van der Waals surface area contributed by atoms with Crippen molar-refractivity contribution in [3.63, 3.8) is 0 Å². The number of hydrogen-bond donors (Lipinski definition) is 1. The summed E-state index contributed by atoms with van der Waals surface area (Å²) in [7, 11) is 0. The third-order valence-electron chi connectivity index (χ3n) is 3.82. The van der Waals surface area contributed by atoms with Crippen LogP contribution in [0.2, 0.25) is 5.02 Å².